The lowest BCUT2D eigenvalue weighted by Crippen LogP contribution is -2.50. The molecule has 2 aliphatic heterocycles. The molecule has 1 amide bonds. The van der Waals surface area contributed by atoms with Crippen LogP contribution in [0.3, 0.4) is 0 Å². The fraction of sp³-hybridized carbons (Fsp3) is 0.938. The largest absolute Gasteiger partial charge is 0.444 e. The van der Waals surface area contributed by atoms with Gasteiger partial charge in [-0.1, -0.05) is 0 Å². The van der Waals surface area contributed by atoms with Crippen LogP contribution in [0.5, 0.6) is 0 Å². The molecule has 2 rings (SSSR count). The molecule has 21 heavy (non-hydrogen) atoms. The smallest absolute Gasteiger partial charge is 0.412 e. The third-order valence-electron chi connectivity index (χ3n) is 4.02. The number of hydrogen-bond donors (Lipinski definition) is 0. The van der Waals surface area contributed by atoms with Crippen molar-refractivity contribution < 1.29 is 19.0 Å². The molecule has 0 unspecified atom stereocenters. The van der Waals surface area contributed by atoms with Crippen LogP contribution in [-0.2, 0) is 14.2 Å². The molecule has 2 saturated heterocycles. The Hall–Kier alpha value is -0.810. The van der Waals surface area contributed by atoms with Crippen LogP contribution >= 0.6 is 0 Å². The maximum absolute atomic E-state index is 12.5. The number of carbonyl (C=O) groups is 1. The lowest BCUT2D eigenvalue weighted by Gasteiger charge is -2.36. The van der Waals surface area contributed by atoms with Crippen molar-refractivity contribution in [3.8, 4) is 0 Å². The first-order chi connectivity index (χ1) is 9.69. The van der Waals surface area contributed by atoms with Gasteiger partial charge in [0, 0.05) is 13.2 Å². The van der Waals surface area contributed by atoms with Gasteiger partial charge in [0.15, 0.2) is 0 Å². The van der Waals surface area contributed by atoms with Gasteiger partial charge in [-0.15, -0.1) is 0 Å². The van der Waals surface area contributed by atoms with E-state index >= 15 is 0 Å². The molecule has 5 heteroatoms. The van der Waals surface area contributed by atoms with Gasteiger partial charge in [0.25, 0.3) is 0 Å². The highest BCUT2D eigenvalue weighted by Gasteiger charge is 2.46. The zero-order chi connectivity index (χ0) is 15.7. The fourth-order valence-electron chi connectivity index (χ4n) is 3.12. The van der Waals surface area contributed by atoms with Gasteiger partial charge in [-0.3, -0.25) is 4.90 Å². The van der Waals surface area contributed by atoms with Crippen molar-refractivity contribution in [1.82, 2.24) is 4.90 Å². The Balaban J connectivity index is 2.03. The van der Waals surface area contributed by atoms with E-state index in [2.05, 4.69) is 0 Å². The molecule has 2 atom stereocenters. The van der Waals surface area contributed by atoms with E-state index in [4.69, 9.17) is 14.2 Å². The van der Waals surface area contributed by atoms with Crippen molar-refractivity contribution in [3.05, 3.63) is 0 Å². The summed E-state index contributed by atoms with van der Waals surface area (Å²) in [6.45, 7) is 11.7. The first-order valence-electron chi connectivity index (χ1n) is 7.93. The van der Waals surface area contributed by atoms with E-state index in [1.54, 1.807) is 4.90 Å². The molecule has 0 bridgehead atoms. The minimum absolute atomic E-state index is 0.0709. The van der Waals surface area contributed by atoms with Crippen molar-refractivity contribution in [3.63, 3.8) is 0 Å². The quantitative estimate of drug-likeness (QED) is 0.786. The normalized spacial score (nSPS) is 29.5. The van der Waals surface area contributed by atoms with Crippen LogP contribution in [0.25, 0.3) is 0 Å². The highest BCUT2D eigenvalue weighted by Crippen LogP contribution is 2.33. The molecule has 0 aromatic carbocycles. The first-order valence-corrected chi connectivity index (χ1v) is 7.93. The zero-order valence-electron chi connectivity index (χ0n) is 14.0. The lowest BCUT2D eigenvalue weighted by atomic mass is 9.94. The molecule has 2 fully saturated rings. The summed E-state index contributed by atoms with van der Waals surface area (Å²) >= 11 is 0. The highest BCUT2D eigenvalue weighted by molar-refractivity contribution is 5.69. The summed E-state index contributed by atoms with van der Waals surface area (Å²) in [7, 11) is 0. The Morgan fingerprint density at radius 1 is 1.33 bits per heavy atom. The van der Waals surface area contributed by atoms with Gasteiger partial charge in [-0.05, 0) is 59.8 Å². The van der Waals surface area contributed by atoms with E-state index in [1.165, 1.54) is 6.42 Å². The molecule has 0 saturated carbocycles. The van der Waals surface area contributed by atoms with E-state index in [9.17, 15) is 4.79 Å². The summed E-state index contributed by atoms with van der Waals surface area (Å²) in [4.78, 5) is 14.3. The second-order valence-corrected chi connectivity index (χ2v) is 7.58. The SMILES string of the molecule is CC(C)(C)OC(=O)N1[C@H](C[C@H]2CCCOC2)COC1(C)C. The topological polar surface area (TPSA) is 48.0 Å². The van der Waals surface area contributed by atoms with E-state index < -0.39 is 11.3 Å². The fourth-order valence-corrected chi connectivity index (χ4v) is 3.12. The molecule has 0 aromatic rings. The van der Waals surface area contributed by atoms with Crippen molar-refractivity contribution in [2.45, 2.75) is 71.2 Å². The number of hydrogen-bond acceptors (Lipinski definition) is 4. The molecule has 122 valence electrons. The maximum atomic E-state index is 12.5. The predicted molar refractivity (Wildman–Crippen MR) is 80.1 cm³/mol. The Morgan fingerprint density at radius 3 is 2.62 bits per heavy atom. The summed E-state index contributed by atoms with van der Waals surface area (Å²) in [5.41, 5.74) is -1.10. The van der Waals surface area contributed by atoms with Gasteiger partial charge in [0.1, 0.15) is 11.3 Å². The molecule has 2 aliphatic rings. The van der Waals surface area contributed by atoms with Crippen LogP contribution in [0.2, 0.25) is 0 Å². The predicted octanol–water partition coefficient (Wildman–Crippen LogP) is 3.18. The average Bonchev–Trinajstić information content (AvgIpc) is 2.63. The summed E-state index contributed by atoms with van der Waals surface area (Å²) in [5.74, 6) is 0.506. The summed E-state index contributed by atoms with van der Waals surface area (Å²) in [6.07, 6.45) is 2.90. The molecule has 0 aromatic heterocycles. The van der Waals surface area contributed by atoms with Gasteiger partial charge < -0.3 is 14.2 Å². The van der Waals surface area contributed by atoms with Crippen LogP contribution in [0.15, 0.2) is 0 Å². The van der Waals surface area contributed by atoms with Gasteiger partial charge >= 0.3 is 6.09 Å². The van der Waals surface area contributed by atoms with E-state index in [-0.39, 0.29) is 12.1 Å². The van der Waals surface area contributed by atoms with E-state index in [1.807, 2.05) is 34.6 Å². The van der Waals surface area contributed by atoms with Crippen LogP contribution in [0.1, 0.15) is 53.9 Å². The molecule has 0 N–H and O–H groups in total. The van der Waals surface area contributed by atoms with Crippen molar-refractivity contribution >= 4 is 6.09 Å². The molecule has 0 spiro atoms. The third-order valence-corrected chi connectivity index (χ3v) is 4.02. The lowest BCUT2D eigenvalue weighted by molar-refractivity contribution is -0.0639. The molecule has 2 heterocycles. The van der Waals surface area contributed by atoms with E-state index in [0.717, 1.165) is 26.1 Å². The number of carbonyl (C=O) groups excluding carboxylic acids is 1. The van der Waals surface area contributed by atoms with Crippen LogP contribution in [0, 0.1) is 5.92 Å². The average molecular weight is 299 g/mol. The Labute approximate surface area is 127 Å². The van der Waals surface area contributed by atoms with Crippen LogP contribution in [-0.4, -0.2) is 48.2 Å². The second kappa shape index (κ2) is 6.13. The minimum atomic E-state index is -0.609. The Bertz CT molecular complexity index is 369. The molecule has 0 radical (unpaired) electrons. The molecular weight excluding hydrogens is 270 g/mol. The Morgan fingerprint density at radius 2 is 2.05 bits per heavy atom. The van der Waals surface area contributed by atoms with Crippen LogP contribution in [0.4, 0.5) is 4.79 Å². The molecule has 5 nitrogen and oxygen atoms in total. The second-order valence-electron chi connectivity index (χ2n) is 7.58. The van der Waals surface area contributed by atoms with Gasteiger partial charge in [0.05, 0.1) is 12.6 Å². The number of rotatable bonds is 2. The van der Waals surface area contributed by atoms with Gasteiger partial charge in [-0.2, -0.15) is 0 Å². The number of amides is 1. The highest BCUT2D eigenvalue weighted by atomic mass is 16.6. The standard InChI is InChI=1S/C16H29NO4/c1-15(2,3)21-14(18)17-13(11-20-16(17,4)5)9-12-7-6-8-19-10-12/h12-13H,6-11H2,1-5H3/t12-,13-/m1/s1. The summed E-state index contributed by atoms with van der Waals surface area (Å²) < 4.78 is 16.9. The van der Waals surface area contributed by atoms with Crippen molar-refractivity contribution in [1.29, 1.82) is 0 Å². The van der Waals surface area contributed by atoms with Gasteiger partial charge in [0.2, 0.25) is 0 Å². The number of nitrogens with zero attached hydrogens (tertiary/aromatic N) is 1. The summed E-state index contributed by atoms with van der Waals surface area (Å²) in [6, 6.07) is 0.0709. The monoisotopic (exact) mass is 299 g/mol. The summed E-state index contributed by atoms with van der Waals surface area (Å²) in [5, 5.41) is 0. The van der Waals surface area contributed by atoms with Crippen LogP contribution < -0.4 is 0 Å². The maximum Gasteiger partial charge on any atom is 0.412 e. The number of ether oxygens (including phenoxy) is 3. The third kappa shape index (κ3) is 4.33. The minimum Gasteiger partial charge on any atom is -0.444 e. The zero-order valence-corrected chi connectivity index (χ0v) is 14.0. The van der Waals surface area contributed by atoms with E-state index in [0.29, 0.717) is 12.5 Å². The molecular formula is C16H29NO4. The first kappa shape index (κ1) is 16.6. The van der Waals surface area contributed by atoms with Gasteiger partial charge in [-0.25, -0.2) is 4.79 Å². The Kier molecular flexibility index (Phi) is 4.83. The molecule has 0 aliphatic carbocycles. The van der Waals surface area contributed by atoms with Crippen molar-refractivity contribution in [2.75, 3.05) is 19.8 Å². The van der Waals surface area contributed by atoms with Crippen molar-refractivity contribution in [2.24, 2.45) is 5.92 Å².